The molecule has 0 unspecified atom stereocenters. The average Bonchev–Trinajstić information content (AvgIpc) is 2.65. The molecule has 0 saturated carbocycles. The highest BCUT2D eigenvalue weighted by Crippen LogP contribution is 2.15. The van der Waals surface area contributed by atoms with Gasteiger partial charge in [-0.15, -0.1) is 12.4 Å². The van der Waals surface area contributed by atoms with Crippen LogP contribution < -0.4 is 11.1 Å². The van der Waals surface area contributed by atoms with Crippen LogP contribution in [0, 0.1) is 11.6 Å². The molecule has 0 aromatic heterocycles. The third-order valence-electron chi connectivity index (χ3n) is 4.53. The number of nitrogens with two attached hydrogens (primary N) is 1. The maximum atomic E-state index is 13.5. The Morgan fingerprint density at radius 3 is 2.57 bits per heavy atom. The summed E-state index contributed by atoms with van der Waals surface area (Å²) in [6, 6.07) is 2.80. The van der Waals surface area contributed by atoms with Crippen molar-refractivity contribution in [2.45, 2.75) is 38.2 Å². The molecule has 28 heavy (non-hydrogen) atoms. The van der Waals surface area contributed by atoms with Crippen molar-refractivity contribution >= 4 is 24.2 Å². The van der Waals surface area contributed by atoms with Gasteiger partial charge in [0, 0.05) is 38.7 Å². The number of nitrogens with zero attached hydrogens (tertiary/aromatic N) is 1. The Bertz CT molecular complexity index is 641. The molecule has 6 nitrogen and oxygen atoms in total. The van der Waals surface area contributed by atoms with Crippen LogP contribution >= 0.6 is 12.4 Å². The molecule has 0 aliphatic carbocycles. The monoisotopic (exact) mass is 419 g/mol. The van der Waals surface area contributed by atoms with Gasteiger partial charge in [0.1, 0.15) is 11.6 Å². The molecular formula is C19H28ClF2N3O3. The third kappa shape index (κ3) is 7.69. The van der Waals surface area contributed by atoms with Crippen LogP contribution in [-0.4, -0.2) is 55.6 Å². The highest BCUT2D eigenvalue weighted by Gasteiger charge is 2.22. The minimum Gasteiger partial charge on any atom is -0.378 e. The molecule has 1 aromatic carbocycles. The van der Waals surface area contributed by atoms with E-state index >= 15 is 0 Å². The number of likely N-dealkylation sites (tertiary alicyclic amines) is 1. The first-order valence-corrected chi connectivity index (χ1v) is 9.34. The minimum absolute atomic E-state index is 0. The summed E-state index contributed by atoms with van der Waals surface area (Å²) in [6.45, 7) is 2.85. The highest BCUT2D eigenvalue weighted by molar-refractivity contribution is 5.94. The van der Waals surface area contributed by atoms with Gasteiger partial charge in [-0.25, -0.2) is 8.78 Å². The lowest BCUT2D eigenvalue weighted by atomic mass is 10.1. The van der Waals surface area contributed by atoms with Crippen molar-refractivity contribution in [3.63, 3.8) is 0 Å². The molecule has 1 saturated heterocycles. The minimum atomic E-state index is -0.903. The number of carbonyl (C=O) groups is 2. The zero-order valence-electron chi connectivity index (χ0n) is 15.8. The molecule has 3 N–H and O–H groups in total. The third-order valence-corrected chi connectivity index (χ3v) is 4.53. The zero-order valence-corrected chi connectivity index (χ0v) is 16.6. The quantitative estimate of drug-likeness (QED) is 0.601. The van der Waals surface area contributed by atoms with Gasteiger partial charge in [0.15, 0.2) is 0 Å². The predicted molar refractivity (Wildman–Crippen MR) is 104 cm³/mol. The number of hydrogen-bond acceptors (Lipinski definition) is 4. The van der Waals surface area contributed by atoms with Crippen LogP contribution in [-0.2, 0) is 9.53 Å². The van der Waals surface area contributed by atoms with Crippen molar-refractivity contribution in [3.05, 3.63) is 35.4 Å². The van der Waals surface area contributed by atoms with Crippen LogP contribution in [0.15, 0.2) is 18.2 Å². The van der Waals surface area contributed by atoms with Crippen molar-refractivity contribution in [2.24, 2.45) is 5.73 Å². The Balaban J connectivity index is 0.00000392. The maximum Gasteiger partial charge on any atom is 0.254 e. The number of halogens is 3. The summed E-state index contributed by atoms with van der Waals surface area (Å²) >= 11 is 0. The van der Waals surface area contributed by atoms with E-state index in [1.807, 2.05) is 4.90 Å². The second-order valence-corrected chi connectivity index (χ2v) is 6.58. The average molecular weight is 420 g/mol. The summed E-state index contributed by atoms with van der Waals surface area (Å²) < 4.78 is 32.1. The second-order valence-electron chi connectivity index (χ2n) is 6.58. The molecule has 1 aliphatic rings. The Kier molecular flexibility index (Phi) is 11.0. The number of hydrogen-bond donors (Lipinski definition) is 2. The van der Waals surface area contributed by atoms with E-state index in [2.05, 4.69) is 5.32 Å². The highest BCUT2D eigenvalue weighted by atomic mass is 35.5. The SMILES string of the molecule is Cl.NCCCOC1CCN(C(=O)CCCNC(=O)c2ccc(F)cc2F)CC1. The van der Waals surface area contributed by atoms with Crippen molar-refractivity contribution in [1.82, 2.24) is 10.2 Å². The lowest BCUT2D eigenvalue weighted by Crippen LogP contribution is -2.41. The van der Waals surface area contributed by atoms with Gasteiger partial charge in [-0.05, 0) is 44.4 Å². The fraction of sp³-hybridized carbons (Fsp3) is 0.579. The summed E-state index contributed by atoms with van der Waals surface area (Å²) in [5, 5.41) is 2.55. The normalized spacial score (nSPS) is 14.5. The van der Waals surface area contributed by atoms with Gasteiger partial charge in [-0.1, -0.05) is 0 Å². The Morgan fingerprint density at radius 1 is 1.21 bits per heavy atom. The maximum absolute atomic E-state index is 13.5. The van der Waals surface area contributed by atoms with Crippen LogP contribution in [0.2, 0.25) is 0 Å². The van der Waals surface area contributed by atoms with E-state index in [4.69, 9.17) is 10.5 Å². The van der Waals surface area contributed by atoms with Crippen molar-refractivity contribution in [2.75, 3.05) is 32.8 Å². The lowest BCUT2D eigenvalue weighted by molar-refractivity contribution is -0.133. The van der Waals surface area contributed by atoms with E-state index in [-0.39, 0.29) is 36.5 Å². The zero-order chi connectivity index (χ0) is 19.6. The summed E-state index contributed by atoms with van der Waals surface area (Å²) in [5.41, 5.74) is 5.23. The number of carbonyl (C=O) groups excluding carboxylic acids is 2. The van der Waals surface area contributed by atoms with E-state index in [1.165, 1.54) is 0 Å². The fourth-order valence-electron chi connectivity index (χ4n) is 2.97. The summed E-state index contributed by atoms with van der Waals surface area (Å²) in [4.78, 5) is 25.9. The van der Waals surface area contributed by atoms with Gasteiger partial charge < -0.3 is 20.7 Å². The van der Waals surface area contributed by atoms with Crippen molar-refractivity contribution in [1.29, 1.82) is 0 Å². The first-order chi connectivity index (χ1) is 13.0. The molecule has 0 radical (unpaired) electrons. The largest absolute Gasteiger partial charge is 0.378 e. The topological polar surface area (TPSA) is 84.7 Å². The van der Waals surface area contributed by atoms with Crippen molar-refractivity contribution < 1.29 is 23.1 Å². The number of piperidine rings is 1. The summed E-state index contributed by atoms with van der Waals surface area (Å²) in [6.07, 6.45) is 3.43. The summed E-state index contributed by atoms with van der Waals surface area (Å²) in [7, 11) is 0. The molecule has 0 spiro atoms. The molecule has 1 heterocycles. The number of benzene rings is 1. The second kappa shape index (κ2) is 12.6. The molecule has 0 bridgehead atoms. The molecule has 1 aromatic rings. The molecule has 9 heteroatoms. The molecule has 2 amide bonds. The van der Waals surface area contributed by atoms with Crippen LogP contribution in [0.1, 0.15) is 42.5 Å². The van der Waals surface area contributed by atoms with E-state index in [0.29, 0.717) is 45.1 Å². The number of nitrogens with one attached hydrogen (secondary N) is 1. The van der Waals surface area contributed by atoms with E-state index in [1.54, 1.807) is 0 Å². The van der Waals surface area contributed by atoms with E-state index in [9.17, 15) is 18.4 Å². The van der Waals surface area contributed by atoms with Crippen LogP contribution in [0.25, 0.3) is 0 Å². The fourth-order valence-corrected chi connectivity index (χ4v) is 2.97. The molecule has 0 atom stereocenters. The Labute approximate surface area is 170 Å². The van der Waals surface area contributed by atoms with Gasteiger partial charge in [0.2, 0.25) is 5.91 Å². The molecule has 2 rings (SSSR count). The lowest BCUT2D eigenvalue weighted by Gasteiger charge is -2.32. The number of amides is 2. The Hall–Kier alpha value is -1.77. The van der Waals surface area contributed by atoms with Gasteiger partial charge in [0.25, 0.3) is 5.91 Å². The predicted octanol–water partition coefficient (Wildman–Crippen LogP) is 2.25. The first-order valence-electron chi connectivity index (χ1n) is 9.34. The summed E-state index contributed by atoms with van der Waals surface area (Å²) in [5.74, 6) is -2.21. The molecular weight excluding hydrogens is 392 g/mol. The molecule has 1 aliphatic heterocycles. The molecule has 1 fully saturated rings. The van der Waals surface area contributed by atoms with Gasteiger partial charge in [-0.2, -0.15) is 0 Å². The van der Waals surface area contributed by atoms with Gasteiger partial charge in [0.05, 0.1) is 11.7 Å². The van der Waals surface area contributed by atoms with Crippen LogP contribution in [0.5, 0.6) is 0 Å². The Morgan fingerprint density at radius 2 is 1.93 bits per heavy atom. The van der Waals surface area contributed by atoms with Gasteiger partial charge in [-0.3, -0.25) is 9.59 Å². The smallest absolute Gasteiger partial charge is 0.254 e. The van der Waals surface area contributed by atoms with Crippen molar-refractivity contribution in [3.8, 4) is 0 Å². The first kappa shape index (κ1) is 24.3. The van der Waals surface area contributed by atoms with Crippen LogP contribution in [0.4, 0.5) is 8.78 Å². The van der Waals surface area contributed by atoms with Gasteiger partial charge >= 0.3 is 0 Å². The van der Waals surface area contributed by atoms with Crippen LogP contribution in [0.3, 0.4) is 0 Å². The number of rotatable bonds is 9. The number of ether oxygens (including phenoxy) is 1. The van der Waals surface area contributed by atoms with E-state index < -0.39 is 17.5 Å². The van der Waals surface area contributed by atoms with E-state index in [0.717, 1.165) is 31.4 Å². The standard InChI is InChI=1S/C19H27F2N3O3.ClH/c20-14-4-5-16(17(21)13-14)19(26)23-9-1-3-18(25)24-10-6-15(7-11-24)27-12-2-8-22;/h4-5,13,15H,1-3,6-12,22H2,(H,23,26);1H. The molecule has 158 valence electrons.